The van der Waals surface area contributed by atoms with Crippen molar-refractivity contribution in [3.05, 3.63) is 0 Å². The van der Waals surface area contributed by atoms with E-state index in [2.05, 4.69) is 0 Å². The van der Waals surface area contributed by atoms with Gasteiger partial charge in [-0.2, -0.15) is 0 Å². The second-order valence-electron chi connectivity index (χ2n) is 0. The van der Waals surface area contributed by atoms with Crippen LogP contribution in [0.3, 0.4) is 0 Å². The van der Waals surface area contributed by atoms with Crippen molar-refractivity contribution in [2.45, 2.75) is 44.6 Å². The normalized spacial score (nSPS) is 0. The van der Waals surface area contributed by atoms with Gasteiger partial charge in [-0.05, 0) is 0 Å². The van der Waals surface area contributed by atoms with Crippen LogP contribution in [0.5, 0.6) is 0 Å². The third kappa shape index (κ3) is 493. The third-order valence-corrected chi connectivity index (χ3v) is 0. The molecule has 7 heavy (non-hydrogen) atoms. The molecule has 53 valence electrons. The first-order valence-electron chi connectivity index (χ1n) is 0. The largest absolute Gasteiger partial charge is 2.00 e. The first kappa shape index (κ1) is 1180. The van der Waals surface area contributed by atoms with Crippen LogP contribution in [0.1, 0.15) is 44.6 Å². The Hall–Kier alpha value is 0.519. The van der Waals surface area contributed by atoms with Crippen molar-refractivity contribution in [1.29, 1.82) is 0 Å². The second-order valence-corrected chi connectivity index (χ2v) is 0. The van der Waals surface area contributed by atoms with Gasteiger partial charge in [0, 0.05) is 0 Å². The molecule has 0 saturated heterocycles. The summed E-state index contributed by atoms with van der Waals surface area (Å²) in [4.78, 5) is 0. The van der Waals surface area contributed by atoms with Crippen molar-refractivity contribution in [2.75, 3.05) is 0 Å². The molecule has 0 fully saturated rings. The summed E-state index contributed by atoms with van der Waals surface area (Å²) in [5, 5.41) is 0. The van der Waals surface area contributed by atoms with Gasteiger partial charge in [0.2, 0.25) is 0 Å². The summed E-state index contributed by atoms with van der Waals surface area (Å²) in [5.74, 6) is 0. The van der Waals surface area contributed by atoms with Gasteiger partial charge >= 0.3 is 17.1 Å². The topological polar surface area (TPSA) is 0 Å². The molecule has 1 heteroatoms. The Kier molecular flexibility index (Phi) is 125000. The molecule has 0 heterocycles. The van der Waals surface area contributed by atoms with E-state index in [-0.39, 0.29) is 61.6 Å². The maximum atomic E-state index is 0. The van der Waals surface area contributed by atoms with E-state index in [0.29, 0.717) is 0 Å². The molecular formula is C6H24Mn+2. The van der Waals surface area contributed by atoms with E-state index >= 15 is 0 Å². The van der Waals surface area contributed by atoms with Gasteiger partial charge in [-0.15, -0.1) is 0 Å². The minimum Gasteiger partial charge on any atom is -0.0776 e. The quantitative estimate of drug-likeness (QED) is 0.462. The van der Waals surface area contributed by atoms with Crippen molar-refractivity contribution >= 4 is 0 Å². The van der Waals surface area contributed by atoms with E-state index in [4.69, 9.17) is 0 Å². The minimum atomic E-state index is 0. The van der Waals surface area contributed by atoms with Gasteiger partial charge in [-0.25, -0.2) is 0 Å². The summed E-state index contributed by atoms with van der Waals surface area (Å²) in [7, 11) is 0. The smallest absolute Gasteiger partial charge is 0.0776 e. The first-order valence-corrected chi connectivity index (χ1v) is 0. The number of rotatable bonds is 0. The predicted molar refractivity (Wildman–Crippen MR) is 40.4 cm³/mol. The van der Waals surface area contributed by atoms with Crippen molar-refractivity contribution in [3.63, 3.8) is 0 Å². The van der Waals surface area contributed by atoms with Crippen molar-refractivity contribution < 1.29 is 17.1 Å². The maximum Gasteiger partial charge on any atom is 2.00 e. The second kappa shape index (κ2) is 736. The molecule has 0 spiro atoms. The molecule has 1 radical (unpaired) electrons. The molecule has 0 atom stereocenters. The van der Waals surface area contributed by atoms with Crippen molar-refractivity contribution in [3.8, 4) is 0 Å². The average Bonchev–Trinajstić information content (AvgIpc) is 0. The molecule has 0 N–H and O–H groups in total. The van der Waals surface area contributed by atoms with Gasteiger partial charge in [0.25, 0.3) is 0 Å². The molecule has 0 aromatic heterocycles. The third-order valence-electron chi connectivity index (χ3n) is 0. The molecule has 0 saturated carbocycles. The molecule has 0 rings (SSSR count). The van der Waals surface area contributed by atoms with E-state index < -0.39 is 0 Å². The molecular weight excluding hydrogens is 127 g/mol. The Morgan fingerprint density at radius 2 is 0.286 bits per heavy atom. The summed E-state index contributed by atoms with van der Waals surface area (Å²) >= 11 is 0. The van der Waals surface area contributed by atoms with Crippen LogP contribution >= 0.6 is 0 Å². The van der Waals surface area contributed by atoms with Gasteiger partial charge in [-0.3, -0.25) is 0 Å². The first-order chi connectivity index (χ1) is 0. The Morgan fingerprint density at radius 3 is 0.286 bits per heavy atom. The summed E-state index contributed by atoms with van der Waals surface area (Å²) < 4.78 is 0. The number of hydrogen-bond acceptors (Lipinski definition) is 0. The van der Waals surface area contributed by atoms with Gasteiger partial charge in [0.05, 0.1) is 0 Å². The van der Waals surface area contributed by atoms with Gasteiger partial charge in [0.1, 0.15) is 0 Å². The van der Waals surface area contributed by atoms with Crippen LogP contribution in [0.4, 0.5) is 0 Å². The molecule has 0 aliphatic rings. The standard InChI is InChI=1S/6CH4.Mn/h6*1H4;/q;;;;;;+2. The molecule has 0 aromatic rings. The fraction of sp³-hybridized carbons (Fsp3) is 1.00. The summed E-state index contributed by atoms with van der Waals surface area (Å²) in [6.07, 6.45) is 0. The van der Waals surface area contributed by atoms with Crippen molar-refractivity contribution in [2.24, 2.45) is 0 Å². The predicted octanol–water partition coefficient (Wildman–Crippen LogP) is 3.81. The van der Waals surface area contributed by atoms with Crippen LogP contribution in [0.25, 0.3) is 0 Å². The zero-order chi connectivity index (χ0) is 0. The zero-order valence-electron chi connectivity index (χ0n) is 0.378. The van der Waals surface area contributed by atoms with Crippen LogP contribution < -0.4 is 0 Å². The summed E-state index contributed by atoms with van der Waals surface area (Å²) in [6.45, 7) is 0. The van der Waals surface area contributed by atoms with Gasteiger partial charge in [0.15, 0.2) is 0 Å². The minimum absolute atomic E-state index is 0. The molecule has 0 aliphatic carbocycles. The monoisotopic (exact) mass is 151 g/mol. The van der Waals surface area contributed by atoms with Crippen LogP contribution in [0.15, 0.2) is 0 Å². The Balaban J connectivity index is 0. The van der Waals surface area contributed by atoms with E-state index in [1.54, 1.807) is 0 Å². The van der Waals surface area contributed by atoms with Gasteiger partial charge < -0.3 is 0 Å². The average molecular weight is 151 g/mol. The number of hydrogen-bond donors (Lipinski definition) is 0. The fourth-order valence-corrected chi connectivity index (χ4v) is 0. The Morgan fingerprint density at radius 1 is 0.286 bits per heavy atom. The van der Waals surface area contributed by atoms with Crippen LogP contribution in [-0.2, 0) is 17.1 Å². The summed E-state index contributed by atoms with van der Waals surface area (Å²) in [5.41, 5.74) is 0. The van der Waals surface area contributed by atoms with Crippen molar-refractivity contribution in [1.82, 2.24) is 0 Å². The Labute approximate surface area is 62.2 Å². The van der Waals surface area contributed by atoms with Crippen LogP contribution in [0, 0.1) is 0 Å². The van der Waals surface area contributed by atoms with E-state index in [1.807, 2.05) is 0 Å². The Bertz CT molecular complexity index is 4.14. The molecule has 0 aromatic carbocycles. The van der Waals surface area contributed by atoms with E-state index in [1.165, 1.54) is 0 Å². The maximum absolute atomic E-state index is 0. The van der Waals surface area contributed by atoms with Crippen LogP contribution in [0.2, 0.25) is 0 Å². The zero-order valence-corrected chi connectivity index (χ0v) is 1.56. The molecule has 0 amide bonds. The SMILES string of the molecule is C.C.C.C.C.C.[Mn+2]. The molecule has 0 bridgehead atoms. The van der Waals surface area contributed by atoms with Gasteiger partial charge in [-0.1, -0.05) is 44.6 Å². The van der Waals surface area contributed by atoms with E-state index in [9.17, 15) is 0 Å². The van der Waals surface area contributed by atoms with Crippen LogP contribution in [-0.4, -0.2) is 0 Å². The molecule has 0 aliphatic heterocycles. The molecule has 0 nitrogen and oxygen atoms in total. The fourth-order valence-electron chi connectivity index (χ4n) is 0. The van der Waals surface area contributed by atoms with E-state index in [0.717, 1.165) is 0 Å². The molecule has 0 unspecified atom stereocenters. The summed E-state index contributed by atoms with van der Waals surface area (Å²) in [6, 6.07) is 0.